The van der Waals surface area contributed by atoms with Crippen molar-refractivity contribution >= 4 is 17.3 Å². The summed E-state index contributed by atoms with van der Waals surface area (Å²) in [6.07, 6.45) is 0.997. The van der Waals surface area contributed by atoms with Gasteiger partial charge in [-0.2, -0.15) is 0 Å². The zero-order valence-corrected chi connectivity index (χ0v) is 9.43. The van der Waals surface area contributed by atoms with E-state index in [2.05, 4.69) is 24.0 Å². The Hall–Kier alpha value is -0.970. The molecule has 0 aliphatic rings. The Morgan fingerprint density at radius 3 is 2.79 bits per heavy atom. The first-order valence-corrected chi connectivity index (χ1v) is 5.51. The summed E-state index contributed by atoms with van der Waals surface area (Å²) >= 11 is 1.32. The molecule has 1 aromatic rings. The molecule has 0 unspecified atom stereocenters. The molecule has 0 N–H and O–H groups in total. The second-order valence-electron chi connectivity index (χ2n) is 2.98. The van der Waals surface area contributed by atoms with E-state index in [0.29, 0.717) is 17.5 Å². The van der Waals surface area contributed by atoms with E-state index in [4.69, 9.17) is 4.74 Å². The molecule has 78 valence electrons. The SMILES string of the molecule is CCOC(=O)c1nnc([C@H](C)CC)s1. The summed E-state index contributed by atoms with van der Waals surface area (Å²) in [6, 6.07) is 0. The number of carbonyl (C=O) groups excluding carboxylic acids is 1. The Kier molecular flexibility index (Phi) is 4.00. The van der Waals surface area contributed by atoms with E-state index in [1.807, 2.05) is 0 Å². The van der Waals surface area contributed by atoms with Crippen LogP contribution in [0.4, 0.5) is 0 Å². The summed E-state index contributed by atoms with van der Waals surface area (Å²) in [5.41, 5.74) is 0. The van der Waals surface area contributed by atoms with E-state index >= 15 is 0 Å². The molecule has 0 radical (unpaired) electrons. The molecule has 1 aromatic heterocycles. The summed E-state index contributed by atoms with van der Waals surface area (Å²) in [4.78, 5) is 11.3. The first-order chi connectivity index (χ1) is 6.69. The van der Waals surface area contributed by atoms with Crippen LogP contribution in [0.25, 0.3) is 0 Å². The molecule has 0 fully saturated rings. The van der Waals surface area contributed by atoms with Gasteiger partial charge in [0.1, 0.15) is 5.01 Å². The lowest BCUT2D eigenvalue weighted by Crippen LogP contribution is -2.03. The van der Waals surface area contributed by atoms with Crippen LogP contribution in [0, 0.1) is 0 Å². The summed E-state index contributed by atoms with van der Waals surface area (Å²) in [6.45, 7) is 6.29. The topological polar surface area (TPSA) is 52.1 Å². The quantitative estimate of drug-likeness (QED) is 0.721. The lowest BCUT2D eigenvalue weighted by Gasteiger charge is -2.00. The first kappa shape index (κ1) is 11.1. The number of hydrogen-bond donors (Lipinski definition) is 0. The first-order valence-electron chi connectivity index (χ1n) is 4.69. The molecule has 1 atom stereocenters. The van der Waals surface area contributed by atoms with Crippen molar-refractivity contribution in [2.75, 3.05) is 6.61 Å². The van der Waals surface area contributed by atoms with E-state index in [-0.39, 0.29) is 5.97 Å². The summed E-state index contributed by atoms with van der Waals surface area (Å²) in [5, 5.41) is 9.00. The molecule has 14 heavy (non-hydrogen) atoms. The van der Waals surface area contributed by atoms with Gasteiger partial charge in [0.2, 0.25) is 5.01 Å². The third kappa shape index (κ3) is 2.51. The summed E-state index contributed by atoms with van der Waals surface area (Å²) < 4.78 is 4.82. The van der Waals surface area contributed by atoms with Gasteiger partial charge in [-0.3, -0.25) is 0 Å². The van der Waals surface area contributed by atoms with Crippen LogP contribution < -0.4 is 0 Å². The maximum atomic E-state index is 11.3. The molecule has 0 spiro atoms. The Labute approximate surface area is 87.3 Å². The molecule has 0 amide bonds. The number of rotatable bonds is 4. The molecular formula is C9H14N2O2S. The lowest BCUT2D eigenvalue weighted by molar-refractivity contribution is 0.0525. The van der Waals surface area contributed by atoms with Crippen molar-refractivity contribution in [3.8, 4) is 0 Å². The molecular weight excluding hydrogens is 200 g/mol. The van der Waals surface area contributed by atoms with E-state index in [0.717, 1.165) is 11.4 Å². The van der Waals surface area contributed by atoms with Gasteiger partial charge in [0.05, 0.1) is 6.61 Å². The highest BCUT2D eigenvalue weighted by Gasteiger charge is 2.16. The van der Waals surface area contributed by atoms with Crippen molar-refractivity contribution in [2.45, 2.75) is 33.1 Å². The van der Waals surface area contributed by atoms with E-state index in [1.165, 1.54) is 11.3 Å². The maximum Gasteiger partial charge on any atom is 0.369 e. The Bertz CT molecular complexity index is 312. The van der Waals surface area contributed by atoms with E-state index < -0.39 is 0 Å². The fourth-order valence-electron chi connectivity index (χ4n) is 0.884. The van der Waals surface area contributed by atoms with Crippen LogP contribution >= 0.6 is 11.3 Å². The van der Waals surface area contributed by atoms with E-state index in [1.54, 1.807) is 6.92 Å². The van der Waals surface area contributed by atoms with Gasteiger partial charge < -0.3 is 4.74 Å². The minimum atomic E-state index is -0.375. The number of nitrogens with zero attached hydrogens (tertiary/aromatic N) is 2. The van der Waals surface area contributed by atoms with Crippen molar-refractivity contribution in [1.29, 1.82) is 0 Å². The van der Waals surface area contributed by atoms with Crippen molar-refractivity contribution in [3.05, 3.63) is 10.0 Å². The molecule has 5 heteroatoms. The monoisotopic (exact) mass is 214 g/mol. The fraction of sp³-hybridized carbons (Fsp3) is 0.667. The van der Waals surface area contributed by atoms with E-state index in [9.17, 15) is 4.79 Å². The van der Waals surface area contributed by atoms with Gasteiger partial charge >= 0.3 is 5.97 Å². The molecule has 1 heterocycles. The number of hydrogen-bond acceptors (Lipinski definition) is 5. The van der Waals surface area contributed by atoms with Crippen LogP contribution in [-0.4, -0.2) is 22.8 Å². The van der Waals surface area contributed by atoms with Crippen LogP contribution in [0.15, 0.2) is 0 Å². The Morgan fingerprint density at radius 1 is 1.50 bits per heavy atom. The van der Waals surface area contributed by atoms with Crippen molar-refractivity contribution < 1.29 is 9.53 Å². The lowest BCUT2D eigenvalue weighted by atomic mass is 10.1. The van der Waals surface area contributed by atoms with Crippen molar-refractivity contribution in [1.82, 2.24) is 10.2 Å². The second kappa shape index (κ2) is 5.05. The standard InChI is InChI=1S/C9H14N2O2S/c1-4-6(3)7-10-11-8(14-7)9(12)13-5-2/h6H,4-5H2,1-3H3/t6-/m1/s1. The van der Waals surface area contributed by atoms with Gasteiger partial charge in [-0.15, -0.1) is 10.2 Å². The molecule has 1 rings (SSSR count). The fourth-order valence-corrected chi connectivity index (χ4v) is 1.76. The average molecular weight is 214 g/mol. The maximum absolute atomic E-state index is 11.3. The van der Waals surface area contributed by atoms with Crippen LogP contribution in [-0.2, 0) is 4.74 Å². The van der Waals surface area contributed by atoms with Crippen LogP contribution in [0.3, 0.4) is 0 Å². The summed E-state index contributed by atoms with van der Waals surface area (Å²) in [7, 11) is 0. The van der Waals surface area contributed by atoms with Crippen LogP contribution in [0.2, 0.25) is 0 Å². The number of carbonyl (C=O) groups is 1. The second-order valence-corrected chi connectivity index (χ2v) is 3.98. The minimum absolute atomic E-state index is 0.349. The Morgan fingerprint density at radius 2 is 2.21 bits per heavy atom. The van der Waals surface area contributed by atoms with Crippen molar-refractivity contribution in [2.24, 2.45) is 0 Å². The zero-order valence-electron chi connectivity index (χ0n) is 8.61. The molecule has 0 saturated heterocycles. The van der Waals surface area contributed by atoms with Crippen LogP contribution in [0.5, 0.6) is 0 Å². The highest BCUT2D eigenvalue weighted by molar-refractivity contribution is 7.13. The van der Waals surface area contributed by atoms with Crippen LogP contribution in [0.1, 0.15) is 47.9 Å². The molecule has 0 saturated carbocycles. The predicted molar refractivity (Wildman–Crippen MR) is 54.6 cm³/mol. The molecule has 0 bridgehead atoms. The molecule has 0 aliphatic carbocycles. The zero-order chi connectivity index (χ0) is 10.6. The minimum Gasteiger partial charge on any atom is -0.461 e. The van der Waals surface area contributed by atoms with Gasteiger partial charge in [0.25, 0.3) is 0 Å². The summed E-state index contributed by atoms with van der Waals surface area (Å²) in [5.74, 6) is -0.0183. The average Bonchev–Trinajstić information content (AvgIpc) is 2.66. The number of esters is 1. The van der Waals surface area contributed by atoms with Gasteiger partial charge in [0.15, 0.2) is 0 Å². The van der Waals surface area contributed by atoms with Gasteiger partial charge in [-0.05, 0) is 13.3 Å². The van der Waals surface area contributed by atoms with Gasteiger partial charge in [-0.25, -0.2) is 4.79 Å². The third-order valence-corrected chi connectivity index (χ3v) is 3.06. The predicted octanol–water partition coefficient (Wildman–Crippen LogP) is 2.23. The van der Waals surface area contributed by atoms with Gasteiger partial charge in [0, 0.05) is 5.92 Å². The molecule has 0 aromatic carbocycles. The van der Waals surface area contributed by atoms with Crippen molar-refractivity contribution in [3.63, 3.8) is 0 Å². The number of aromatic nitrogens is 2. The molecule has 0 aliphatic heterocycles. The third-order valence-electron chi connectivity index (χ3n) is 1.92. The highest BCUT2D eigenvalue weighted by atomic mass is 32.1. The number of ether oxygens (including phenoxy) is 1. The van der Waals surface area contributed by atoms with Gasteiger partial charge in [-0.1, -0.05) is 25.2 Å². The smallest absolute Gasteiger partial charge is 0.369 e. The Balaban J connectivity index is 2.72. The molecule has 4 nitrogen and oxygen atoms in total. The largest absolute Gasteiger partial charge is 0.461 e. The normalized spacial score (nSPS) is 12.5. The highest BCUT2D eigenvalue weighted by Crippen LogP contribution is 2.22.